The summed E-state index contributed by atoms with van der Waals surface area (Å²) in [5.41, 5.74) is 0.655. The van der Waals surface area contributed by atoms with Crippen LogP contribution >= 0.6 is 11.6 Å². The number of nitro benzene ring substituents is 1. The van der Waals surface area contributed by atoms with Crippen LogP contribution in [0.5, 0.6) is 5.75 Å². The molecule has 1 aromatic carbocycles. The van der Waals surface area contributed by atoms with Crippen molar-refractivity contribution in [3.63, 3.8) is 0 Å². The van der Waals surface area contributed by atoms with Crippen LogP contribution in [0, 0.1) is 10.1 Å². The predicted octanol–water partition coefficient (Wildman–Crippen LogP) is 3.09. The molecule has 1 heterocycles. The molecule has 0 bridgehead atoms. The third-order valence-corrected chi connectivity index (χ3v) is 3.18. The fourth-order valence-corrected chi connectivity index (χ4v) is 2.03. The zero-order chi connectivity index (χ0) is 15.4. The maximum absolute atomic E-state index is 11.0. The van der Waals surface area contributed by atoms with Crippen LogP contribution in [-0.2, 0) is 12.5 Å². The van der Waals surface area contributed by atoms with Crippen LogP contribution < -0.4 is 4.74 Å². The molecule has 8 heteroatoms. The number of benzene rings is 1. The van der Waals surface area contributed by atoms with Crippen LogP contribution in [0.2, 0.25) is 0 Å². The lowest BCUT2D eigenvalue weighted by Gasteiger charge is -2.11. The van der Waals surface area contributed by atoms with Gasteiger partial charge in [0.2, 0.25) is 0 Å². The summed E-state index contributed by atoms with van der Waals surface area (Å²) < 4.78 is 7.26. The molecule has 0 aliphatic carbocycles. The Kier molecular flexibility index (Phi) is 4.74. The van der Waals surface area contributed by atoms with Crippen LogP contribution in [0.15, 0.2) is 24.5 Å². The van der Waals surface area contributed by atoms with E-state index in [9.17, 15) is 10.1 Å². The summed E-state index contributed by atoms with van der Waals surface area (Å²) in [5.74, 6) is 1.04. The van der Waals surface area contributed by atoms with Crippen LogP contribution in [0.25, 0.3) is 0 Å². The topological polar surface area (TPSA) is 83.1 Å². The first-order chi connectivity index (χ1) is 10.0. The molecule has 0 fully saturated rings. The molecule has 21 heavy (non-hydrogen) atoms. The van der Waals surface area contributed by atoms with E-state index >= 15 is 0 Å². The molecular weight excluding hydrogens is 296 g/mol. The Labute approximate surface area is 126 Å². The molecule has 0 radical (unpaired) electrons. The number of aromatic nitrogens is 3. The van der Waals surface area contributed by atoms with Crippen molar-refractivity contribution in [1.29, 1.82) is 0 Å². The Balaban J connectivity index is 2.22. The van der Waals surface area contributed by atoms with Gasteiger partial charge in [0.15, 0.2) is 11.6 Å². The molecule has 112 valence electrons. The molecule has 0 atom stereocenters. The molecule has 2 rings (SSSR count). The van der Waals surface area contributed by atoms with Gasteiger partial charge in [0.05, 0.1) is 4.92 Å². The highest BCUT2D eigenvalue weighted by Crippen LogP contribution is 2.29. The van der Waals surface area contributed by atoms with E-state index in [4.69, 9.17) is 16.3 Å². The number of nitro groups is 1. The summed E-state index contributed by atoms with van der Waals surface area (Å²) in [4.78, 5) is 14.6. The zero-order valence-electron chi connectivity index (χ0n) is 11.7. The van der Waals surface area contributed by atoms with Gasteiger partial charge >= 0.3 is 5.69 Å². The van der Waals surface area contributed by atoms with Crippen molar-refractivity contribution in [3.8, 4) is 5.75 Å². The number of nitrogens with zero attached hydrogens (tertiary/aromatic N) is 4. The van der Waals surface area contributed by atoms with Crippen molar-refractivity contribution in [2.24, 2.45) is 0 Å². The SMILES string of the molecule is CC(C)n1ncnc1COc1cc(CCl)ccc1[N+](=O)[O-]. The van der Waals surface area contributed by atoms with E-state index in [-0.39, 0.29) is 30.0 Å². The Bertz CT molecular complexity index is 642. The van der Waals surface area contributed by atoms with Gasteiger partial charge < -0.3 is 4.74 Å². The Morgan fingerprint density at radius 3 is 2.86 bits per heavy atom. The lowest BCUT2D eigenvalue weighted by molar-refractivity contribution is -0.386. The standard InChI is InChI=1S/C13H15ClN4O3/c1-9(2)17-13(15-8-16-17)7-21-12-5-10(6-14)3-4-11(12)18(19)20/h3-5,8-9H,6-7H2,1-2H3. The van der Waals surface area contributed by atoms with Gasteiger partial charge in [-0.25, -0.2) is 9.67 Å². The van der Waals surface area contributed by atoms with Crippen molar-refractivity contribution in [2.45, 2.75) is 32.4 Å². The molecule has 2 aromatic rings. The molecule has 0 spiro atoms. The summed E-state index contributed by atoms with van der Waals surface area (Å²) in [7, 11) is 0. The van der Waals surface area contributed by atoms with Gasteiger partial charge in [-0.2, -0.15) is 5.10 Å². The minimum atomic E-state index is -0.486. The summed E-state index contributed by atoms with van der Waals surface area (Å²) in [6, 6.07) is 4.70. The number of hydrogen-bond donors (Lipinski definition) is 0. The molecule has 0 amide bonds. The van der Waals surface area contributed by atoms with E-state index in [1.807, 2.05) is 13.8 Å². The monoisotopic (exact) mass is 310 g/mol. The first-order valence-corrected chi connectivity index (χ1v) is 6.90. The van der Waals surface area contributed by atoms with Gasteiger partial charge in [-0.05, 0) is 25.5 Å². The number of rotatable bonds is 6. The summed E-state index contributed by atoms with van der Waals surface area (Å²) >= 11 is 5.75. The second-order valence-electron chi connectivity index (χ2n) is 4.70. The molecular formula is C13H15ClN4O3. The minimum absolute atomic E-state index is 0.0977. The van der Waals surface area contributed by atoms with Crippen LogP contribution in [0.4, 0.5) is 5.69 Å². The number of hydrogen-bond acceptors (Lipinski definition) is 5. The number of alkyl halides is 1. The third-order valence-electron chi connectivity index (χ3n) is 2.87. The van der Waals surface area contributed by atoms with E-state index in [2.05, 4.69) is 10.1 Å². The summed E-state index contributed by atoms with van der Waals surface area (Å²) in [5, 5.41) is 15.1. The lowest BCUT2D eigenvalue weighted by atomic mass is 10.2. The maximum Gasteiger partial charge on any atom is 0.310 e. The molecule has 1 aromatic heterocycles. The normalized spacial score (nSPS) is 10.9. The Morgan fingerprint density at radius 1 is 1.48 bits per heavy atom. The maximum atomic E-state index is 11.0. The van der Waals surface area contributed by atoms with Crippen LogP contribution in [-0.4, -0.2) is 19.7 Å². The van der Waals surface area contributed by atoms with Crippen molar-refractivity contribution in [3.05, 3.63) is 46.0 Å². The number of halogens is 1. The van der Waals surface area contributed by atoms with Gasteiger partial charge in [-0.1, -0.05) is 6.07 Å². The highest BCUT2D eigenvalue weighted by Gasteiger charge is 2.17. The second-order valence-corrected chi connectivity index (χ2v) is 4.96. The van der Waals surface area contributed by atoms with E-state index in [0.29, 0.717) is 5.82 Å². The molecule has 0 aliphatic heterocycles. The molecule has 0 N–H and O–H groups in total. The average molecular weight is 311 g/mol. The average Bonchev–Trinajstić information content (AvgIpc) is 2.93. The van der Waals surface area contributed by atoms with Crippen molar-refractivity contribution in [1.82, 2.24) is 14.8 Å². The van der Waals surface area contributed by atoms with E-state index in [0.717, 1.165) is 5.56 Å². The van der Waals surface area contributed by atoms with Crippen molar-refractivity contribution < 1.29 is 9.66 Å². The van der Waals surface area contributed by atoms with Crippen LogP contribution in [0.1, 0.15) is 31.3 Å². The molecule has 0 saturated heterocycles. The highest BCUT2D eigenvalue weighted by atomic mass is 35.5. The largest absolute Gasteiger partial charge is 0.479 e. The van der Waals surface area contributed by atoms with Gasteiger partial charge in [0.25, 0.3) is 0 Å². The van der Waals surface area contributed by atoms with Crippen molar-refractivity contribution in [2.75, 3.05) is 0 Å². The number of ether oxygens (including phenoxy) is 1. The fourth-order valence-electron chi connectivity index (χ4n) is 1.86. The lowest BCUT2D eigenvalue weighted by Crippen LogP contribution is -2.11. The Hall–Kier alpha value is -2.15. The molecule has 0 saturated carbocycles. The van der Waals surface area contributed by atoms with Gasteiger partial charge in [0, 0.05) is 18.0 Å². The third kappa shape index (κ3) is 3.49. The van der Waals surface area contributed by atoms with E-state index in [1.54, 1.807) is 16.8 Å². The Morgan fingerprint density at radius 2 is 2.24 bits per heavy atom. The first-order valence-electron chi connectivity index (χ1n) is 6.37. The smallest absolute Gasteiger partial charge is 0.310 e. The first kappa shape index (κ1) is 15.2. The molecule has 7 nitrogen and oxygen atoms in total. The summed E-state index contributed by atoms with van der Waals surface area (Å²) in [6.45, 7) is 4.04. The van der Waals surface area contributed by atoms with E-state index in [1.165, 1.54) is 12.4 Å². The fraction of sp³-hybridized carbons (Fsp3) is 0.385. The van der Waals surface area contributed by atoms with Gasteiger partial charge in [-0.15, -0.1) is 11.6 Å². The second kappa shape index (κ2) is 6.53. The minimum Gasteiger partial charge on any atom is -0.479 e. The van der Waals surface area contributed by atoms with Crippen LogP contribution in [0.3, 0.4) is 0 Å². The predicted molar refractivity (Wildman–Crippen MR) is 77.4 cm³/mol. The van der Waals surface area contributed by atoms with Crippen molar-refractivity contribution >= 4 is 17.3 Å². The zero-order valence-corrected chi connectivity index (χ0v) is 12.4. The van der Waals surface area contributed by atoms with E-state index < -0.39 is 4.92 Å². The molecule has 0 aliphatic rings. The quantitative estimate of drug-likeness (QED) is 0.465. The molecule has 0 unspecified atom stereocenters. The highest BCUT2D eigenvalue weighted by molar-refractivity contribution is 6.17. The summed E-state index contributed by atoms with van der Waals surface area (Å²) in [6.07, 6.45) is 1.43. The van der Waals surface area contributed by atoms with Gasteiger partial charge in [-0.3, -0.25) is 10.1 Å². The van der Waals surface area contributed by atoms with Gasteiger partial charge in [0.1, 0.15) is 12.9 Å².